The molecule has 0 saturated heterocycles. The molecule has 0 heterocycles. The van der Waals surface area contributed by atoms with Gasteiger partial charge in [0.15, 0.2) is 0 Å². The van der Waals surface area contributed by atoms with Gasteiger partial charge in [0.25, 0.3) is 20.0 Å². The van der Waals surface area contributed by atoms with Crippen LogP contribution in [0.15, 0.2) is 0 Å². The van der Waals surface area contributed by atoms with E-state index < -0.39 is 29.5 Å². The molecular weight excluding hydrogens is 188 g/mol. The van der Waals surface area contributed by atoms with Crippen LogP contribution in [0.5, 0.6) is 0 Å². The summed E-state index contributed by atoms with van der Waals surface area (Å²) >= 11 is 0. The van der Waals surface area contributed by atoms with Crippen LogP contribution in [0.3, 0.4) is 0 Å². The molecule has 10 heavy (non-hydrogen) atoms. The highest BCUT2D eigenvalue weighted by molar-refractivity contribution is 6.49. The van der Waals surface area contributed by atoms with Gasteiger partial charge in [0.05, 0.1) is 0 Å². The summed E-state index contributed by atoms with van der Waals surface area (Å²) in [6, 6.07) is 0. The van der Waals surface area contributed by atoms with Crippen molar-refractivity contribution in [2.24, 2.45) is 0 Å². The SMILES string of the molecule is CO[SiH2]O[SiH](O)O[SiH2]OC. The average molecular weight is 200 g/mol. The molecule has 0 rings (SSSR count). The van der Waals surface area contributed by atoms with E-state index in [2.05, 4.69) is 8.85 Å². The minimum atomic E-state index is -2.36. The van der Waals surface area contributed by atoms with Gasteiger partial charge >= 0.3 is 9.53 Å². The van der Waals surface area contributed by atoms with Crippen LogP contribution in [0.1, 0.15) is 0 Å². The van der Waals surface area contributed by atoms with Gasteiger partial charge in [-0.1, -0.05) is 0 Å². The van der Waals surface area contributed by atoms with Gasteiger partial charge in [-0.3, -0.25) is 0 Å². The standard InChI is InChI=1S/C2H12O5Si3/c1-4-8-6-10(3)7-9-5-2/h3,10H,8-9H2,1-2H3. The first-order chi connectivity index (χ1) is 4.81. The van der Waals surface area contributed by atoms with E-state index in [-0.39, 0.29) is 0 Å². The average Bonchev–Trinajstić information content (AvgIpc) is 1.97. The van der Waals surface area contributed by atoms with Crippen LogP contribution in [-0.2, 0) is 17.1 Å². The summed E-state index contributed by atoms with van der Waals surface area (Å²) in [5.74, 6) is 0. The van der Waals surface area contributed by atoms with Crippen LogP contribution >= 0.6 is 0 Å². The third-order valence-electron chi connectivity index (χ3n) is 0.657. The van der Waals surface area contributed by atoms with Crippen molar-refractivity contribution in [2.75, 3.05) is 14.2 Å². The van der Waals surface area contributed by atoms with Crippen molar-refractivity contribution in [3.63, 3.8) is 0 Å². The fraction of sp³-hybridized carbons (Fsp3) is 1.00. The van der Waals surface area contributed by atoms with Crippen molar-refractivity contribution in [1.29, 1.82) is 0 Å². The lowest BCUT2D eigenvalue weighted by Crippen LogP contribution is -2.27. The summed E-state index contributed by atoms with van der Waals surface area (Å²) in [6.45, 7) is 0. The molecule has 0 atom stereocenters. The molecule has 1 N–H and O–H groups in total. The Morgan fingerprint density at radius 2 is 1.50 bits per heavy atom. The van der Waals surface area contributed by atoms with Gasteiger partial charge in [0, 0.05) is 14.2 Å². The highest BCUT2D eigenvalue weighted by atomic mass is 28.4. The fourth-order valence-corrected chi connectivity index (χ4v) is 3.57. The molecule has 0 fully saturated rings. The second kappa shape index (κ2) is 7.56. The van der Waals surface area contributed by atoms with Crippen molar-refractivity contribution in [2.45, 2.75) is 0 Å². The van der Waals surface area contributed by atoms with Gasteiger partial charge in [-0.2, -0.15) is 0 Å². The molecule has 0 radical (unpaired) electrons. The van der Waals surface area contributed by atoms with E-state index in [9.17, 15) is 0 Å². The second-order valence-electron chi connectivity index (χ2n) is 1.45. The maximum atomic E-state index is 8.92. The fourth-order valence-electron chi connectivity index (χ4n) is 0.301. The van der Waals surface area contributed by atoms with E-state index in [0.29, 0.717) is 0 Å². The molecule has 8 heteroatoms. The summed E-state index contributed by atoms with van der Waals surface area (Å²) in [7, 11) is -1.28. The minimum absolute atomic E-state index is 1.00. The molecule has 0 saturated carbocycles. The summed E-state index contributed by atoms with van der Waals surface area (Å²) in [5.41, 5.74) is 0. The Morgan fingerprint density at radius 1 is 1.10 bits per heavy atom. The zero-order valence-corrected chi connectivity index (χ0v) is 10.1. The lowest BCUT2D eigenvalue weighted by molar-refractivity contribution is 0.248. The summed E-state index contributed by atoms with van der Waals surface area (Å²) in [5, 5.41) is 0. The van der Waals surface area contributed by atoms with Gasteiger partial charge in [0.2, 0.25) is 0 Å². The van der Waals surface area contributed by atoms with Crippen LogP contribution in [0.4, 0.5) is 0 Å². The number of hydrogen-bond donors (Lipinski definition) is 1. The molecule has 5 nitrogen and oxygen atoms in total. The van der Waals surface area contributed by atoms with Crippen molar-refractivity contribution in [3.8, 4) is 0 Å². The van der Waals surface area contributed by atoms with Crippen molar-refractivity contribution >= 4 is 29.5 Å². The largest absolute Gasteiger partial charge is 0.462 e. The highest BCUT2D eigenvalue weighted by Crippen LogP contribution is 1.80. The van der Waals surface area contributed by atoms with E-state index in [1.807, 2.05) is 0 Å². The van der Waals surface area contributed by atoms with E-state index in [1.165, 1.54) is 0 Å². The predicted molar refractivity (Wildman–Crippen MR) is 42.6 cm³/mol. The maximum Gasteiger partial charge on any atom is 0.462 e. The Labute approximate surface area is 66.3 Å². The van der Waals surface area contributed by atoms with Crippen molar-refractivity contribution in [1.82, 2.24) is 0 Å². The second-order valence-corrected chi connectivity index (χ2v) is 6.36. The van der Waals surface area contributed by atoms with Crippen LogP contribution in [-0.4, -0.2) is 48.6 Å². The zero-order chi connectivity index (χ0) is 7.82. The van der Waals surface area contributed by atoms with E-state index in [4.69, 9.17) is 13.0 Å². The third-order valence-corrected chi connectivity index (χ3v) is 4.50. The molecule has 0 aromatic heterocycles. The zero-order valence-electron chi connectivity index (χ0n) is 6.07. The minimum Gasteiger partial charge on any atom is -0.403 e. The molecule has 0 unspecified atom stereocenters. The van der Waals surface area contributed by atoms with E-state index in [1.54, 1.807) is 14.2 Å². The van der Waals surface area contributed by atoms with Crippen molar-refractivity contribution in [3.05, 3.63) is 0 Å². The first-order valence-corrected chi connectivity index (χ1v) is 6.47. The first-order valence-electron chi connectivity index (χ1n) is 2.70. The summed E-state index contributed by atoms with van der Waals surface area (Å²) in [4.78, 5) is 8.92. The quantitative estimate of drug-likeness (QED) is 0.464. The molecule has 0 amide bonds. The van der Waals surface area contributed by atoms with E-state index >= 15 is 0 Å². The first kappa shape index (κ1) is 10.5. The molecule has 0 aromatic rings. The maximum absolute atomic E-state index is 8.92. The van der Waals surface area contributed by atoms with Crippen LogP contribution in [0, 0.1) is 0 Å². The van der Waals surface area contributed by atoms with Crippen LogP contribution in [0.2, 0.25) is 0 Å². The Kier molecular flexibility index (Phi) is 7.90. The van der Waals surface area contributed by atoms with Gasteiger partial charge in [-0.25, -0.2) is 0 Å². The van der Waals surface area contributed by atoms with Crippen molar-refractivity contribution < 1.29 is 21.9 Å². The number of rotatable bonds is 6. The molecular formula is C2H12O5Si3. The highest BCUT2D eigenvalue weighted by Gasteiger charge is 2.07. The van der Waals surface area contributed by atoms with Crippen LogP contribution in [0.25, 0.3) is 0 Å². The third kappa shape index (κ3) is 6.57. The van der Waals surface area contributed by atoms with Gasteiger partial charge in [-0.05, 0) is 0 Å². The van der Waals surface area contributed by atoms with E-state index in [0.717, 1.165) is 0 Å². The lowest BCUT2D eigenvalue weighted by Gasteiger charge is -2.08. The predicted octanol–water partition coefficient (Wildman–Crippen LogP) is -2.98. The van der Waals surface area contributed by atoms with Gasteiger partial charge in [-0.15, -0.1) is 0 Å². The topological polar surface area (TPSA) is 57.2 Å². The molecule has 0 aliphatic heterocycles. The van der Waals surface area contributed by atoms with Gasteiger partial charge < -0.3 is 21.9 Å². The molecule has 0 aliphatic rings. The smallest absolute Gasteiger partial charge is 0.403 e. The Hall–Kier alpha value is 0.451. The van der Waals surface area contributed by atoms with Gasteiger partial charge in [0.1, 0.15) is 0 Å². The Morgan fingerprint density at radius 3 is 1.80 bits per heavy atom. The Balaban J connectivity index is 3.00. The normalized spacial score (nSPS) is 15.9. The number of hydrogen-bond acceptors (Lipinski definition) is 5. The monoisotopic (exact) mass is 200 g/mol. The molecule has 0 bridgehead atoms. The molecule has 0 spiro atoms. The molecule has 0 aliphatic carbocycles. The Bertz CT molecular complexity index is 63.9. The van der Waals surface area contributed by atoms with Crippen LogP contribution < -0.4 is 0 Å². The summed E-state index contributed by atoms with van der Waals surface area (Å²) < 4.78 is 19.0. The lowest BCUT2D eigenvalue weighted by atomic mass is 11.8. The molecule has 62 valence electrons. The molecule has 0 aromatic carbocycles. The summed E-state index contributed by atoms with van der Waals surface area (Å²) in [6.07, 6.45) is 0.